The summed E-state index contributed by atoms with van der Waals surface area (Å²) < 4.78 is 11.3. The van der Waals surface area contributed by atoms with E-state index in [0.717, 1.165) is 11.3 Å². The van der Waals surface area contributed by atoms with E-state index in [1.807, 2.05) is 52.0 Å². The molecule has 2 aromatic rings. The van der Waals surface area contributed by atoms with Crippen LogP contribution < -0.4 is 10.1 Å². The molecule has 0 aliphatic carbocycles. The Morgan fingerprint density at radius 3 is 2.88 bits per heavy atom. The SMILES string of the molecule is CCc1onc(C)c1NC(=O)N1Cc2ccccc2OC(C)(C)C1. The second-order valence-electron chi connectivity index (χ2n) is 6.68. The fourth-order valence-corrected chi connectivity index (χ4v) is 2.93. The summed E-state index contributed by atoms with van der Waals surface area (Å²) in [5.41, 5.74) is 1.88. The Hall–Kier alpha value is -2.50. The van der Waals surface area contributed by atoms with Crippen LogP contribution in [0.1, 0.15) is 37.8 Å². The Kier molecular flexibility index (Phi) is 4.22. The zero-order valence-electron chi connectivity index (χ0n) is 14.5. The van der Waals surface area contributed by atoms with Gasteiger partial charge in [-0.1, -0.05) is 30.3 Å². The largest absolute Gasteiger partial charge is 0.486 e. The summed E-state index contributed by atoms with van der Waals surface area (Å²) in [6.45, 7) is 8.74. The van der Waals surface area contributed by atoms with Gasteiger partial charge in [-0.15, -0.1) is 0 Å². The first-order valence-electron chi connectivity index (χ1n) is 8.17. The van der Waals surface area contributed by atoms with Crippen LogP contribution in [0.2, 0.25) is 0 Å². The van der Waals surface area contributed by atoms with Crippen LogP contribution in [0.15, 0.2) is 28.8 Å². The van der Waals surface area contributed by atoms with Crippen LogP contribution >= 0.6 is 0 Å². The highest BCUT2D eigenvalue weighted by Gasteiger charge is 2.32. The molecule has 24 heavy (non-hydrogen) atoms. The summed E-state index contributed by atoms with van der Waals surface area (Å²) in [7, 11) is 0. The Morgan fingerprint density at radius 2 is 2.12 bits per heavy atom. The van der Waals surface area contributed by atoms with Gasteiger partial charge in [-0.25, -0.2) is 4.79 Å². The molecule has 128 valence electrons. The van der Waals surface area contributed by atoms with Gasteiger partial charge in [-0.2, -0.15) is 0 Å². The number of hydrogen-bond acceptors (Lipinski definition) is 4. The number of urea groups is 1. The van der Waals surface area contributed by atoms with Crippen LogP contribution in [0, 0.1) is 6.92 Å². The first-order valence-corrected chi connectivity index (χ1v) is 8.17. The molecule has 1 N–H and O–H groups in total. The van der Waals surface area contributed by atoms with E-state index in [0.29, 0.717) is 36.7 Å². The van der Waals surface area contributed by atoms with Crippen LogP contribution in [-0.2, 0) is 13.0 Å². The second kappa shape index (κ2) is 6.19. The Morgan fingerprint density at radius 1 is 1.38 bits per heavy atom. The highest BCUT2D eigenvalue weighted by atomic mass is 16.5. The molecule has 6 nitrogen and oxygen atoms in total. The number of carbonyl (C=O) groups is 1. The highest BCUT2D eigenvalue weighted by Crippen LogP contribution is 2.30. The molecule has 6 heteroatoms. The van der Waals surface area contributed by atoms with Gasteiger partial charge in [0.05, 0.1) is 13.1 Å². The van der Waals surface area contributed by atoms with Crippen molar-refractivity contribution < 1.29 is 14.1 Å². The lowest BCUT2D eigenvalue weighted by Gasteiger charge is -2.29. The fraction of sp³-hybridized carbons (Fsp3) is 0.444. The van der Waals surface area contributed by atoms with Crippen LogP contribution in [0.3, 0.4) is 0 Å². The standard InChI is InChI=1S/C18H23N3O3/c1-5-14-16(12(2)20-24-14)19-17(22)21-10-13-8-6-7-9-15(13)23-18(3,4)11-21/h6-9H,5,10-11H2,1-4H3,(H,19,22). The quantitative estimate of drug-likeness (QED) is 0.911. The lowest BCUT2D eigenvalue weighted by Crippen LogP contribution is -2.44. The third kappa shape index (κ3) is 3.22. The molecule has 0 spiro atoms. The molecule has 1 aromatic carbocycles. The van der Waals surface area contributed by atoms with Crippen molar-refractivity contribution in [1.29, 1.82) is 0 Å². The zero-order valence-corrected chi connectivity index (χ0v) is 14.5. The van der Waals surface area contributed by atoms with Gasteiger partial charge in [-0.05, 0) is 26.8 Å². The summed E-state index contributed by atoms with van der Waals surface area (Å²) >= 11 is 0. The molecule has 0 bridgehead atoms. The van der Waals surface area contributed by atoms with Crippen LogP contribution in [-0.4, -0.2) is 28.2 Å². The number of benzene rings is 1. The first kappa shape index (κ1) is 16.4. The summed E-state index contributed by atoms with van der Waals surface area (Å²) in [6, 6.07) is 7.65. The number of anilines is 1. The summed E-state index contributed by atoms with van der Waals surface area (Å²) in [4.78, 5) is 14.6. The van der Waals surface area contributed by atoms with Crippen molar-refractivity contribution in [3.63, 3.8) is 0 Å². The summed E-state index contributed by atoms with van der Waals surface area (Å²) in [6.07, 6.45) is 0.674. The van der Waals surface area contributed by atoms with Gasteiger partial charge in [0, 0.05) is 12.0 Å². The van der Waals surface area contributed by atoms with E-state index in [1.54, 1.807) is 4.90 Å². The molecule has 0 atom stereocenters. The zero-order chi connectivity index (χ0) is 17.3. The van der Waals surface area contributed by atoms with Crippen molar-refractivity contribution in [2.24, 2.45) is 0 Å². The molecule has 0 saturated carbocycles. The number of para-hydroxylation sites is 1. The van der Waals surface area contributed by atoms with E-state index < -0.39 is 5.60 Å². The van der Waals surface area contributed by atoms with Gasteiger partial charge in [0.1, 0.15) is 22.7 Å². The number of rotatable bonds is 2. The number of carbonyl (C=O) groups excluding carboxylic acids is 1. The number of fused-ring (bicyclic) bond motifs is 1. The third-order valence-corrected chi connectivity index (χ3v) is 4.07. The predicted octanol–water partition coefficient (Wildman–Crippen LogP) is 3.75. The van der Waals surface area contributed by atoms with Crippen molar-refractivity contribution >= 4 is 11.7 Å². The molecule has 0 unspecified atom stereocenters. The summed E-state index contributed by atoms with van der Waals surface area (Å²) in [5.74, 6) is 1.51. The van der Waals surface area contributed by atoms with Gasteiger partial charge < -0.3 is 19.5 Å². The van der Waals surface area contributed by atoms with E-state index in [4.69, 9.17) is 9.26 Å². The topological polar surface area (TPSA) is 67.6 Å². The van der Waals surface area contributed by atoms with Crippen molar-refractivity contribution in [2.45, 2.75) is 46.3 Å². The highest BCUT2D eigenvalue weighted by molar-refractivity contribution is 5.90. The maximum Gasteiger partial charge on any atom is 0.322 e. The van der Waals surface area contributed by atoms with Crippen LogP contribution in [0.4, 0.5) is 10.5 Å². The van der Waals surface area contributed by atoms with Crippen molar-refractivity contribution in [3.8, 4) is 5.75 Å². The number of nitrogens with zero attached hydrogens (tertiary/aromatic N) is 2. The molecule has 0 radical (unpaired) electrons. The summed E-state index contributed by atoms with van der Waals surface area (Å²) in [5, 5.41) is 6.89. The van der Waals surface area contributed by atoms with Gasteiger partial charge in [0.15, 0.2) is 5.76 Å². The molecule has 1 aliphatic heterocycles. The molecule has 3 rings (SSSR count). The molecule has 0 fully saturated rings. The molecular weight excluding hydrogens is 306 g/mol. The number of aryl methyl sites for hydroxylation is 2. The van der Waals surface area contributed by atoms with Gasteiger partial charge >= 0.3 is 6.03 Å². The van der Waals surface area contributed by atoms with Crippen LogP contribution in [0.25, 0.3) is 0 Å². The first-order chi connectivity index (χ1) is 11.4. The van der Waals surface area contributed by atoms with E-state index in [2.05, 4.69) is 10.5 Å². The lowest BCUT2D eigenvalue weighted by atomic mass is 10.1. The Balaban J connectivity index is 1.85. The number of ether oxygens (including phenoxy) is 1. The van der Waals surface area contributed by atoms with E-state index >= 15 is 0 Å². The average molecular weight is 329 g/mol. The van der Waals surface area contributed by atoms with E-state index in [1.165, 1.54) is 0 Å². The van der Waals surface area contributed by atoms with Gasteiger partial charge in [-0.3, -0.25) is 0 Å². The maximum atomic E-state index is 12.8. The van der Waals surface area contributed by atoms with Crippen molar-refractivity contribution in [1.82, 2.24) is 10.1 Å². The molecular formula is C18H23N3O3. The molecule has 1 aromatic heterocycles. The number of aromatic nitrogens is 1. The van der Waals surface area contributed by atoms with Crippen LogP contribution in [0.5, 0.6) is 5.75 Å². The van der Waals surface area contributed by atoms with Gasteiger partial charge in [0.25, 0.3) is 0 Å². The van der Waals surface area contributed by atoms with E-state index in [-0.39, 0.29) is 6.03 Å². The number of amides is 2. The Labute approximate surface area is 141 Å². The fourth-order valence-electron chi connectivity index (χ4n) is 2.93. The smallest absolute Gasteiger partial charge is 0.322 e. The minimum Gasteiger partial charge on any atom is -0.486 e. The maximum absolute atomic E-state index is 12.8. The van der Waals surface area contributed by atoms with Crippen molar-refractivity contribution in [3.05, 3.63) is 41.3 Å². The van der Waals surface area contributed by atoms with E-state index in [9.17, 15) is 4.79 Å². The second-order valence-corrected chi connectivity index (χ2v) is 6.68. The molecule has 2 amide bonds. The molecule has 2 heterocycles. The monoisotopic (exact) mass is 329 g/mol. The normalized spacial score (nSPS) is 16.1. The van der Waals surface area contributed by atoms with Gasteiger partial charge in [0.2, 0.25) is 0 Å². The average Bonchev–Trinajstić information content (AvgIpc) is 2.80. The predicted molar refractivity (Wildman–Crippen MR) is 91.2 cm³/mol. The minimum absolute atomic E-state index is 0.177. The third-order valence-electron chi connectivity index (χ3n) is 4.07. The molecule has 1 aliphatic rings. The number of hydrogen-bond donors (Lipinski definition) is 1. The lowest BCUT2D eigenvalue weighted by molar-refractivity contribution is 0.0835. The minimum atomic E-state index is -0.471. The van der Waals surface area contributed by atoms with Crippen molar-refractivity contribution in [2.75, 3.05) is 11.9 Å². The number of nitrogens with one attached hydrogen (secondary N) is 1. The molecule has 0 saturated heterocycles. The Bertz CT molecular complexity index is 752.